The third kappa shape index (κ3) is 6.13. The number of hydrogen-bond acceptors (Lipinski definition) is 4. The Morgan fingerprint density at radius 1 is 1.47 bits per heavy atom. The van der Waals surface area contributed by atoms with Crippen molar-refractivity contribution in [2.75, 3.05) is 19.6 Å². The van der Waals surface area contributed by atoms with Crippen molar-refractivity contribution >= 4 is 23.8 Å². The lowest BCUT2D eigenvalue weighted by molar-refractivity contribution is 0.125. The highest BCUT2D eigenvalue weighted by atomic mass is 35.5. The second kappa shape index (κ2) is 8.39. The largest absolute Gasteiger partial charge is 0.491 e. The summed E-state index contributed by atoms with van der Waals surface area (Å²) in [6, 6.07) is 7.16. The van der Waals surface area contributed by atoms with Crippen LogP contribution in [0.3, 0.4) is 0 Å². The van der Waals surface area contributed by atoms with E-state index in [1.807, 2.05) is 12.1 Å². The molecule has 0 saturated carbocycles. The zero-order chi connectivity index (χ0) is 14.1. The number of carbonyl (C=O) groups is 1. The molecule has 0 bridgehead atoms. The van der Waals surface area contributed by atoms with Crippen LogP contribution in [0.4, 0.5) is 4.79 Å². The first-order valence-corrected chi connectivity index (χ1v) is 6.17. The molecule has 0 heterocycles. The lowest BCUT2D eigenvalue weighted by Crippen LogP contribution is -2.18. The molecule has 0 aliphatic heterocycles. The Bertz CT molecular complexity index is 419. The van der Waals surface area contributed by atoms with Crippen LogP contribution in [0, 0.1) is 0 Å². The molecule has 1 amide bonds. The Morgan fingerprint density at radius 3 is 2.74 bits per heavy atom. The Morgan fingerprint density at radius 2 is 2.16 bits per heavy atom. The molecule has 104 valence electrons. The van der Waals surface area contributed by atoms with Crippen LogP contribution in [0.15, 0.2) is 30.5 Å². The number of carbonyl (C=O) groups excluding carboxylic acids is 1. The van der Waals surface area contributed by atoms with Crippen LogP contribution in [0.1, 0.15) is 5.56 Å². The molecule has 0 saturated heterocycles. The molecular formula is C13H16ClNO4. The van der Waals surface area contributed by atoms with Gasteiger partial charge >= 0.3 is 6.09 Å². The topological polar surface area (TPSA) is 67.8 Å². The van der Waals surface area contributed by atoms with E-state index in [-0.39, 0.29) is 12.5 Å². The minimum absolute atomic E-state index is 0.139. The van der Waals surface area contributed by atoms with Crippen LogP contribution >= 0.6 is 11.6 Å². The second-order valence-corrected chi connectivity index (χ2v) is 3.97. The summed E-state index contributed by atoms with van der Waals surface area (Å²) in [7, 11) is 1.30. The van der Waals surface area contributed by atoms with Gasteiger partial charge in [0.15, 0.2) is 0 Å². The summed E-state index contributed by atoms with van der Waals surface area (Å²) in [5.41, 5.74) is 0.890. The van der Waals surface area contributed by atoms with Crippen molar-refractivity contribution in [3.8, 4) is 5.75 Å². The lowest BCUT2D eigenvalue weighted by Gasteiger charge is -2.09. The number of amides is 1. The van der Waals surface area contributed by atoms with Crippen molar-refractivity contribution in [3.63, 3.8) is 0 Å². The van der Waals surface area contributed by atoms with Gasteiger partial charge in [-0.2, -0.15) is 0 Å². The normalized spacial score (nSPS) is 12.2. The lowest BCUT2D eigenvalue weighted by atomic mass is 10.2. The fraction of sp³-hybridized carbons (Fsp3) is 0.308. The molecule has 1 atom stereocenters. The van der Waals surface area contributed by atoms with Crippen molar-refractivity contribution in [1.29, 1.82) is 0 Å². The van der Waals surface area contributed by atoms with Gasteiger partial charge in [-0.1, -0.05) is 12.1 Å². The molecular weight excluding hydrogens is 270 g/mol. The van der Waals surface area contributed by atoms with E-state index >= 15 is 0 Å². The van der Waals surface area contributed by atoms with E-state index in [2.05, 4.69) is 10.1 Å². The molecule has 1 rings (SSSR count). The molecule has 0 aromatic heterocycles. The average Bonchev–Trinajstić information content (AvgIpc) is 2.45. The molecule has 0 fully saturated rings. The number of methoxy groups -OCH3 is 1. The van der Waals surface area contributed by atoms with E-state index in [0.29, 0.717) is 5.75 Å². The van der Waals surface area contributed by atoms with Crippen LogP contribution in [-0.4, -0.2) is 36.9 Å². The highest BCUT2D eigenvalue weighted by Gasteiger charge is 2.02. The van der Waals surface area contributed by atoms with Gasteiger partial charge in [-0.3, -0.25) is 5.32 Å². The minimum atomic E-state index is -0.675. The van der Waals surface area contributed by atoms with E-state index in [9.17, 15) is 9.90 Å². The number of nitrogens with one attached hydrogen (secondary N) is 1. The number of benzene rings is 1. The summed E-state index contributed by atoms with van der Waals surface area (Å²) >= 11 is 5.45. The van der Waals surface area contributed by atoms with Gasteiger partial charge in [0.2, 0.25) is 0 Å². The summed E-state index contributed by atoms with van der Waals surface area (Å²) in [6.07, 6.45) is 2.00. The van der Waals surface area contributed by atoms with Crippen molar-refractivity contribution < 1.29 is 19.4 Å². The summed E-state index contributed by atoms with van der Waals surface area (Å²) in [4.78, 5) is 10.8. The van der Waals surface area contributed by atoms with E-state index in [4.69, 9.17) is 16.3 Å². The van der Waals surface area contributed by atoms with E-state index < -0.39 is 12.2 Å². The number of alkyl carbamates (subject to hydrolysis) is 1. The fourth-order valence-electron chi connectivity index (χ4n) is 1.18. The fourth-order valence-corrected chi connectivity index (χ4v) is 1.27. The maximum absolute atomic E-state index is 10.8. The third-order valence-corrected chi connectivity index (χ3v) is 2.52. The van der Waals surface area contributed by atoms with E-state index in [1.165, 1.54) is 13.3 Å². The first-order chi connectivity index (χ1) is 9.15. The molecule has 6 heteroatoms. The predicted molar refractivity (Wildman–Crippen MR) is 73.2 cm³/mol. The van der Waals surface area contributed by atoms with Gasteiger partial charge in [0.05, 0.1) is 13.0 Å². The Balaban J connectivity index is 2.45. The van der Waals surface area contributed by atoms with Gasteiger partial charge in [-0.25, -0.2) is 4.79 Å². The first kappa shape index (κ1) is 15.3. The van der Waals surface area contributed by atoms with Crippen LogP contribution in [0.2, 0.25) is 0 Å². The van der Waals surface area contributed by atoms with Gasteiger partial charge < -0.3 is 14.6 Å². The van der Waals surface area contributed by atoms with Crippen molar-refractivity contribution in [2.45, 2.75) is 6.10 Å². The standard InChI is InChI=1S/C13H16ClNO4/c1-18-13(17)15-7-6-10-2-4-12(5-3-10)19-9-11(16)8-14/h2-7,11,16H,8-9H2,1H3,(H,15,17). The van der Waals surface area contributed by atoms with Crippen LogP contribution in [-0.2, 0) is 4.74 Å². The smallest absolute Gasteiger partial charge is 0.410 e. The average molecular weight is 286 g/mol. The van der Waals surface area contributed by atoms with Gasteiger partial charge in [-0.15, -0.1) is 11.6 Å². The van der Waals surface area contributed by atoms with Gasteiger partial charge in [0.1, 0.15) is 18.5 Å². The number of halogens is 1. The molecule has 0 aliphatic carbocycles. The molecule has 19 heavy (non-hydrogen) atoms. The summed E-state index contributed by atoms with van der Waals surface area (Å²) in [6.45, 7) is 0.155. The van der Waals surface area contributed by atoms with Crippen LogP contribution in [0.25, 0.3) is 6.08 Å². The monoisotopic (exact) mass is 285 g/mol. The maximum atomic E-state index is 10.8. The number of alkyl halides is 1. The second-order valence-electron chi connectivity index (χ2n) is 3.66. The molecule has 0 aliphatic rings. The van der Waals surface area contributed by atoms with Crippen molar-refractivity contribution in [2.24, 2.45) is 0 Å². The summed E-state index contributed by atoms with van der Waals surface area (Å²) in [5, 5.41) is 11.7. The van der Waals surface area contributed by atoms with Crippen molar-refractivity contribution in [3.05, 3.63) is 36.0 Å². The Kier molecular flexibility index (Phi) is 6.78. The summed E-state index contributed by atoms with van der Waals surface area (Å²) < 4.78 is 9.74. The number of aliphatic hydroxyl groups is 1. The Hall–Kier alpha value is -1.72. The molecule has 2 N–H and O–H groups in total. The van der Waals surface area contributed by atoms with Crippen LogP contribution in [0.5, 0.6) is 5.75 Å². The highest BCUT2D eigenvalue weighted by Crippen LogP contribution is 2.13. The van der Waals surface area contributed by atoms with E-state index in [0.717, 1.165) is 5.56 Å². The zero-order valence-corrected chi connectivity index (χ0v) is 11.3. The van der Waals surface area contributed by atoms with Crippen LogP contribution < -0.4 is 10.1 Å². The molecule has 0 radical (unpaired) electrons. The van der Waals surface area contributed by atoms with Crippen molar-refractivity contribution in [1.82, 2.24) is 5.32 Å². The predicted octanol–water partition coefficient (Wildman–Crippen LogP) is 1.99. The SMILES string of the molecule is COC(=O)NC=Cc1ccc(OCC(O)CCl)cc1. The summed E-state index contributed by atoms with van der Waals surface area (Å²) in [5.74, 6) is 0.780. The van der Waals surface area contributed by atoms with Gasteiger partial charge in [-0.05, 0) is 23.8 Å². The quantitative estimate of drug-likeness (QED) is 0.785. The third-order valence-electron chi connectivity index (χ3n) is 2.16. The zero-order valence-electron chi connectivity index (χ0n) is 10.5. The molecule has 1 aromatic rings. The number of hydrogen-bond donors (Lipinski definition) is 2. The van der Waals surface area contributed by atoms with E-state index in [1.54, 1.807) is 18.2 Å². The first-order valence-electron chi connectivity index (χ1n) is 5.63. The number of aliphatic hydroxyl groups excluding tert-OH is 1. The minimum Gasteiger partial charge on any atom is -0.491 e. The molecule has 5 nitrogen and oxygen atoms in total. The van der Waals surface area contributed by atoms with Gasteiger partial charge in [0.25, 0.3) is 0 Å². The number of rotatable bonds is 6. The molecule has 1 aromatic carbocycles. The molecule has 0 spiro atoms. The molecule has 1 unspecified atom stereocenters. The van der Waals surface area contributed by atoms with Gasteiger partial charge in [0, 0.05) is 6.20 Å². The Labute approximate surface area is 116 Å². The maximum Gasteiger partial charge on any atom is 0.410 e. The number of ether oxygens (including phenoxy) is 2. The highest BCUT2D eigenvalue weighted by molar-refractivity contribution is 6.18.